The fraction of sp³-hybridized carbons (Fsp3) is 0.278. The summed E-state index contributed by atoms with van der Waals surface area (Å²) in [6, 6.07) is 10.2. The normalized spacial score (nSPS) is 16.6. The number of carbonyl (C=O) groups is 2. The zero-order valence-corrected chi connectivity index (χ0v) is 14.1. The lowest BCUT2D eigenvalue weighted by atomic mass is 10.1. The molecular weight excluding hydrogens is 324 g/mol. The van der Waals surface area contributed by atoms with E-state index in [2.05, 4.69) is 10.3 Å². The second-order valence-corrected chi connectivity index (χ2v) is 6.73. The van der Waals surface area contributed by atoms with Gasteiger partial charge in [0.05, 0.1) is 5.56 Å². The van der Waals surface area contributed by atoms with Crippen molar-refractivity contribution in [3.05, 3.63) is 53.7 Å². The minimum absolute atomic E-state index is 0.00618. The van der Waals surface area contributed by atoms with Crippen LogP contribution >= 0.6 is 11.8 Å². The number of pyridine rings is 1. The predicted octanol–water partition coefficient (Wildman–Crippen LogP) is 3.42. The van der Waals surface area contributed by atoms with E-state index >= 15 is 0 Å². The van der Waals surface area contributed by atoms with Crippen LogP contribution in [0.15, 0.2) is 42.6 Å². The Morgan fingerprint density at radius 3 is 2.50 bits per heavy atom. The molecule has 1 amide bonds. The van der Waals surface area contributed by atoms with Gasteiger partial charge in [-0.25, -0.2) is 4.98 Å². The maximum absolute atomic E-state index is 12.2. The molecule has 1 aliphatic rings. The van der Waals surface area contributed by atoms with Gasteiger partial charge in [0.25, 0.3) is 5.91 Å². The first-order valence-corrected chi connectivity index (χ1v) is 8.90. The minimum atomic E-state index is -0.249. The maximum Gasteiger partial charge on any atom is 0.257 e. The van der Waals surface area contributed by atoms with E-state index in [4.69, 9.17) is 4.74 Å². The number of nitrogens with zero attached hydrogens (tertiary/aromatic N) is 1. The Balaban J connectivity index is 1.60. The van der Waals surface area contributed by atoms with Crippen molar-refractivity contribution in [2.75, 3.05) is 16.8 Å². The molecule has 1 aliphatic heterocycles. The Kier molecular flexibility index (Phi) is 5.15. The number of hydrogen-bond acceptors (Lipinski definition) is 5. The highest BCUT2D eigenvalue weighted by Gasteiger charge is 2.17. The second kappa shape index (κ2) is 7.49. The van der Waals surface area contributed by atoms with E-state index in [0.717, 1.165) is 17.9 Å². The lowest BCUT2D eigenvalue weighted by Crippen LogP contribution is -2.16. The molecule has 2 heterocycles. The average Bonchev–Trinajstić information content (AvgIpc) is 3.09. The monoisotopic (exact) mass is 342 g/mol. The summed E-state index contributed by atoms with van der Waals surface area (Å²) in [5.74, 6) is 2.40. The van der Waals surface area contributed by atoms with Crippen LogP contribution in [-0.2, 0) is 0 Å². The molecule has 0 aliphatic carbocycles. The molecule has 1 aromatic carbocycles. The van der Waals surface area contributed by atoms with Crippen LogP contribution in [0.2, 0.25) is 0 Å². The van der Waals surface area contributed by atoms with E-state index in [1.54, 1.807) is 36.4 Å². The van der Waals surface area contributed by atoms with Gasteiger partial charge in [-0.1, -0.05) is 0 Å². The van der Waals surface area contributed by atoms with Crippen molar-refractivity contribution in [1.29, 1.82) is 0 Å². The number of amides is 1. The van der Waals surface area contributed by atoms with Crippen LogP contribution in [0.1, 0.15) is 34.1 Å². The summed E-state index contributed by atoms with van der Waals surface area (Å²) in [6.07, 6.45) is 2.75. The zero-order chi connectivity index (χ0) is 16.9. The SMILES string of the molecule is CC(=O)c1ccc(NC(=O)c2ccc(OC3CCSC3)nc2)cc1. The lowest BCUT2D eigenvalue weighted by molar-refractivity contribution is 0.101. The summed E-state index contributed by atoms with van der Waals surface area (Å²) in [5, 5.41) is 2.78. The van der Waals surface area contributed by atoms with Gasteiger partial charge in [0.2, 0.25) is 5.88 Å². The average molecular weight is 342 g/mol. The van der Waals surface area contributed by atoms with Crippen molar-refractivity contribution < 1.29 is 14.3 Å². The number of thioether (sulfide) groups is 1. The van der Waals surface area contributed by atoms with E-state index in [1.165, 1.54) is 13.1 Å². The summed E-state index contributed by atoms with van der Waals surface area (Å²) >= 11 is 1.88. The number of ketones is 1. The Hall–Kier alpha value is -2.34. The lowest BCUT2D eigenvalue weighted by Gasteiger charge is -2.11. The van der Waals surface area contributed by atoms with Gasteiger partial charge in [-0.15, -0.1) is 0 Å². The number of Topliss-reactive ketones (excluding diaryl/α,β-unsaturated/α-hetero) is 1. The molecule has 1 fully saturated rings. The number of benzene rings is 1. The standard InChI is InChI=1S/C18H18N2O3S/c1-12(21)13-2-5-15(6-3-13)20-18(22)14-4-7-17(19-10-14)23-16-8-9-24-11-16/h2-7,10,16H,8-9,11H2,1H3,(H,20,22). The quantitative estimate of drug-likeness (QED) is 0.843. The molecule has 2 aromatic rings. The molecule has 3 rings (SSSR count). The van der Waals surface area contributed by atoms with Gasteiger partial charge in [-0.05, 0) is 49.4 Å². The maximum atomic E-state index is 12.2. The number of nitrogens with one attached hydrogen (secondary N) is 1. The van der Waals surface area contributed by atoms with Crippen LogP contribution in [0.25, 0.3) is 0 Å². The molecule has 0 saturated carbocycles. The zero-order valence-electron chi connectivity index (χ0n) is 13.3. The number of aromatic nitrogens is 1. The fourth-order valence-corrected chi connectivity index (χ4v) is 3.45. The van der Waals surface area contributed by atoms with Crippen LogP contribution in [-0.4, -0.2) is 34.3 Å². The number of carbonyl (C=O) groups excluding carboxylic acids is 2. The number of rotatable bonds is 5. The van der Waals surface area contributed by atoms with E-state index in [-0.39, 0.29) is 17.8 Å². The molecule has 1 unspecified atom stereocenters. The smallest absolute Gasteiger partial charge is 0.257 e. The molecule has 24 heavy (non-hydrogen) atoms. The Morgan fingerprint density at radius 2 is 1.92 bits per heavy atom. The predicted molar refractivity (Wildman–Crippen MR) is 95.0 cm³/mol. The molecule has 1 saturated heterocycles. The van der Waals surface area contributed by atoms with Crippen molar-refractivity contribution in [3.63, 3.8) is 0 Å². The third kappa shape index (κ3) is 4.14. The van der Waals surface area contributed by atoms with Crippen LogP contribution < -0.4 is 10.1 Å². The number of hydrogen-bond donors (Lipinski definition) is 1. The van der Waals surface area contributed by atoms with E-state index in [0.29, 0.717) is 22.7 Å². The van der Waals surface area contributed by atoms with Crippen molar-refractivity contribution in [2.24, 2.45) is 0 Å². The molecule has 0 bridgehead atoms. The van der Waals surface area contributed by atoms with E-state index in [1.807, 2.05) is 11.8 Å². The highest BCUT2D eigenvalue weighted by Crippen LogP contribution is 2.22. The Labute approximate surface area is 144 Å². The third-order valence-corrected chi connectivity index (χ3v) is 4.86. The first-order valence-electron chi connectivity index (χ1n) is 7.74. The van der Waals surface area contributed by atoms with Crippen molar-refractivity contribution in [1.82, 2.24) is 4.98 Å². The molecular formula is C18H18N2O3S. The van der Waals surface area contributed by atoms with Gasteiger partial charge in [0.1, 0.15) is 6.10 Å². The van der Waals surface area contributed by atoms with Gasteiger partial charge >= 0.3 is 0 Å². The van der Waals surface area contributed by atoms with Gasteiger partial charge in [-0.3, -0.25) is 9.59 Å². The summed E-state index contributed by atoms with van der Waals surface area (Å²) < 4.78 is 5.77. The molecule has 1 N–H and O–H groups in total. The summed E-state index contributed by atoms with van der Waals surface area (Å²) in [6.45, 7) is 1.51. The van der Waals surface area contributed by atoms with Crippen LogP contribution in [0, 0.1) is 0 Å². The van der Waals surface area contributed by atoms with E-state index in [9.17, 15) is 9.59 Å². The van der Waals surface area contributed by atoms with Crippen LogP contribution in [0.3, 0.4) is 0 Å². The first-order chi connectivity index (χ1) is 11.6. The van der Waals surface area contributed by atoms with Crippen LogP contribution in [0.5, 0.6) is 5.88 Å². The third-order valence-electron chi connectivity index (χ3n) is 3.72. The molecule has 1 aromatic heterocycles. The van der Waals surface area contributed by atoms with Crippen molar-refractivity contribution in [2.45, 2.75) is 19.4 Å². The van der Waals surface area contributed by atoms with Gasteiger partial charge < -0.3 is 10.1 Å². The van der Waals surface area contributed by atoms with Gasteiger partial charge in [0.15, 0.2) is 5.78 Å². The summed E-state index contributed by atoms with van der Waals surface area (Å²) in [4.78, 5) is 27.7. The fourth-order valence-electron chi connectivity index (χ4n) is 2.35. The Bertz CT molecular complexity index is 723. The number of anilines is 1. The summed E-state index contributed by atoms with van der Waals surface area (Å²) in [5.41, 5.74) is 1.70. The van der Waals surface area contributed by atoms with Crippen molar-refractivity contribution in [3.8, 4) is 5.88 Å². The highest BCUT2D eigenvalue weighted by atomic mass is 32.2. The van der Waals surface area contributed by atoms with Gasteiger partial charge in [-0.2, -0.15) is 11.8 Å². The van der Waals surface area contributed by atoms with Crippen LogP contribution in [0.4, 0.5) is 5.69 Å². The highest BCUT2D eigenvalue weighted by molar-refractivity contribution is 7.99. The van der Waals surface area contributed by atoms with Gasteiger partial charge in [0, 0.05) is 29.3 Å². The first kappa shape index (κ1) is 16.5. The minimum Gasteiger partial charge on any atom is -0.473 e. The molecule has 5 nitrogen and oxygen atoms in total. The van der Waals surface area contributed by atoms with Crippen molar-refractivity contribution >= 4 is 29.1 Å². The molecule has 0 radical (unpaired) electrons. The second-order valence-electron chi connectivity index (χ2n) is 5.58. The number of ether oxygens (including phenoxy) is 1. The molecule has 6 heteroatoms. The van der Waals surface area contributed by atoms with E-state index < -0.39 is 0 Å². The summed E-state index contributed by atoms with van der Waals surface area (Å²) in [7, 11) is 0. The Morgan fingerprint density at radius 1 is 1.17 bits per heavy atom. The topological polar surface area (TPSA) is 68.3 Å². The molecule has 124 valence electrons. The largest absolute Gasteiger partial charge is 0.473 e. The molecule has 1 atom stereocenters. The molecule has 0 spiro atoms.